The maximum absolute atomic E-state index is 12.6. The van der Waals surface area contributed by atoms with Gasteiger partial charge in [0.25, 0.3) is 0 Å². The van der Waals surface area contributed by atoms with Crippen LogP contribution in [0.5, 0.6) is 5.75 Å². The molecule has 0 aliphatic rings. The zero-order chi connectivity index (χ0) is 20.1. The number of aryl methyl sites for hydroxylation is 1. The van der Waals surface area contributed by atoms with Gasteiger partial charge < -0.3 is 15.8 Å². The maximum Gasteiger partial charge on any atom is 0.234 e. The summed E-state index contributed by atoms with van der Waals surface area (Å²) in [6.45, 7) is 2.15. The van der Waals surface area contributed by atoms with Gasteiger partial charge in [-0.2, -0.15) is 0 Å². The summed E-state index contributed by atoms with van der Waals surface area (Å²) >= 11 is 2.75. The lowest BCUT2D eigenvalue weighted by molar-refractivity contribution is -0.119. The smallest absolute Gasteiger partial charge is 0.234 e. The number of carbonyl (C=O) groups excluding carboxylic acids is 2. The minimum absolute atomic E-state index is 0.0127. The lowest BCUT2D eigenvalue weighted by atomic mass is 10.2. The highest BCUT2D eigenvalue weighted by atomic mass is 32.2. The number of amides is 1. The number of benzene rings is 1. The van der Waals surface area contributed by atoms with Crippen LogP contribution < -0.4 is 15.8 Å². The van der Waals surface area contributed by atoms with E-state index in [9.17, 15) is 9.59 Å². The molecule has 0 aliphatic carbocycles. The van der Waals surface area contributed by atoms with E-state index >= 15 is 0 Å². The molecule has 0 radical (unpaired) electrons. The molecule has 28 heavy (non-hydrogen) atoms. The molecule has 3 aromatic rings. The maximum atomic E-state index is 12.6. The number of nitrogens with zero attached hydrogens (tertiary/aromatic N) is 2. The standard InChI is InChI=1S/C19H20N4O3S2/c1-11-22-15-5-3-12(26-2)7-14(15)19(23-11)27-10-16(24)17-6-4-13(28-17)9-21-18(25)8-20/h3-7H,8-10,20H2,1-2H3,(H,21,25). The fourth-order valence-corrected chi connectivity index (χ4v) is 4.43. The van der Waals surface area contributed by atoms with Gasteiger partial charge in [-0.3, -0.25) is 9.59 Å². The van der Waals surface area contributed by atoms with Gasteiger partial charge in [0.05, 0.1) is 36.3 Å². The number of nitrogens with two attached hydrogens (primary N) is 1. The van der Waals surface area contributed by atoms with Crippen LogP contribution in [0.25, 0.3) is 10.9 Å². The Morgan fingerprint density at radius 1 is 1.25 bits per heavy atom. The summed E-state index contributed by atoms with van der Waals surface area (Å²) < 4.78 is 5.29. The number of carbonyl (C=O) groups is 2. The Kier molecular flexibility index (Phi) is 6.61. The third-order valence-electron chi connectivity index (χ3n) is 3.90. The van der Waals surface area contributed by atoms with Crippen molar-refractivity contribution >= 4 is 45.7 Å². The highest BCUT2D eigenvalue weighted by molar-refractivity contribution is 8.00. The normalized spacial score (nSPS) is 10.8. The molecular weight excluding hydrogens is 396 g/mol. The number of fused-ring (bicyclic) bond motifs is 1. The number of aromatic nitrogens is 2. The summed E-state index contributed by atoms with van der Waals surface area (Å²) in [5, 5.41) is 4.31. The van der Waals surface area contributed by atoms with Gasteiger partial charge in [0.1, 0.15) is 16.6 Å². The van der Waals surface area contributed by atoms with Gasteiger partial charge in [0.15, 0.2) is 5.78 Å². The first-order valence-electron chi connectivity index (χ1n) is 8.54. The van der Waals surface area contributed by atoms with Crippen LogP contribution >= 0.6 is 23.1 Å². The Hall–Kier alpha value is -2.49. The number of hydrogen-bond acceptors (Lipinski definition) is 8. The SMILES string of the molecule is COc1ccc2nc(C)nc(SCC(=O)c3ccc(CNC(=O)CN)s3)c2c1. The molecule has 0 saturated heterocycles. The number of ketones is 1. The molecule has 146 valence electrons. The second-order valence-corrected chi connectivity index (χ2v) is 8.05. The van der Waals surface area contributed by atoms with E-state index in [0.717, 1.165) is 26.6 Å². The Labute approximate surface area is 170 Å². The van der Waals surface area contributed by atoms with Gasteiger partial charge in [0.2, 0.25) is 5.91 Å². The fraction of sp³-hybridized carbons (Fsp3) is 0.263. The second-order valence-electron chi connectivity index (χ2n) is 5.92. The van der Waals surface area contributed by atoms with E-state index in [1.165, 1.54) is 23.1 Å². The van der Waals surface area contributed by atoms with Gasteiger partial charge in [0, 0.05) is 10.3 Å². The molecule has 0 fully saturated rings. The number of hydrogen-bond donors (Lipinski definition) is 2. The van der Waals surface area contributed by atoms with Crippen LogP contribution in [0.1, 0.15) is 20.4 Å². The molecule has 1 amide bonds. The molecule has 0 saturated carbocycles. The molecule has 2 aromatic heterocycles. The van der Waals surface area contributed by atoms with Crippen LogP contribution in [0.4, 0.5) is 0 Å². The molecule has 3 rings (SSSR count). The summed E-state index contributed by atoms with van der Waals surface area (Å²) in [5.74, 6) is 1.42. The van der Waals surface area contributed by atoms with E-state index in [2.05, 4.69) is 15.3 Å². The quantitative estimate of drug-likeness (QED) is 0.330. The highest BCUT2D eigenvalue weighted by Gasteiger charge is 2.14. The number of Topliss-reactive ketones (excluding diaryl/α,β-unsaturated/α-hetero) is 1. The van der Waals surface area contributed by atoms with Gasteiger partial charge in [-0.15, -0.1) is 11.3 Å². The molecule has 9 heteroatoms. The zero-order valence-electron chi connectivity index (χ0n) is 15.5. The van der Waals surface area contributed by atoms with Crippen molar-refractivity contribution < 1.29 is 14.3 Å². The first-order chi connectivity index (χ1) is 13.5. The third-order valence-corrected chi connectivity index (χ3v) is 6.02. The summed E-state index contributed by atoms with van der Waals surface area (Å²) in [6, 6.07) is 9.24. The van der Waals surface area contributed by atoms with E-state index < -0.39 is 0 Å². The Morgan fingerprint density at radius 2 is 2.07 bits per heavy atom. The summed E-state index contributed by atoms with van der Waals surface area (Å²) in [4.78, 5) is 34.3. The monoisotopic (exact) mass is 416 g/mol. The van der Waals surface area contributed by atoms with Crippen LogP contribution in [-0.4, -0.2) is 41.1 Å². The first kappa shape index (κ1) is 20.2. The highest BCUT2D eigenvalue weighted by Crippen LogP contribution is 2.29. The van der Waals surface area contributed by atoms with Gasteiger partial charge >= 0.3 is 0 Å². The third kappa shape index (κ3) is 4.86. The molecule has 0 unspecified atom stereocenters. The summed E-state index contributed by atoms with van der Waals surface area (Å²) in [6.07, 6.45) is 0. The van der Waals surface area contributed by atoms with Crippen LogP contribution in [0.15, 0.2) is 35.4 Å². The molecule has 1 aromatic carbocycles. The number of nitrogens with one attached hydrogen (secondary N) is 1. The van der Waals surface area contributed by atoms with Gasteiger partial charge in [-0.25, -0.2) is 9.97 Å². The topological polar surface area (TPSA) is 107 Å². The second kappa shape index (κ2) is 9.13. The average Bonchev–Trinajstić information content (AvgIpc) is 3.18. The van der Waals surface area contributed by atoms with Crippen molar-refractivity contribution in [2.45, 2.75) is 18.5 Å². The van der Waals surface area contributed by atoms with Crippen molar-refractivity contribution in [1.82, 2.24) is 15.3 Å². The van der Waals surface area contributed by atoms with Crippen LogP contribution in [0.2, 0.25) is 0 Å². The summed E-state index contributed by atoms with van der Waals surface area (Å²) in [5.41, 5.74) is 6.09. The zero-order valence-corrected chi connectivity index (χ0v) is 17.2. The minimum atomic E-state index is -0.224. The molecule has 2 heterocycles. The van der Waals surface area contributed by atoms with E-state index in [0.29, 0.717) is 17.2 Å². The minimum Gasteiger partial charge on any atom is -0.497 e. The van der Waals surface area contributed by atoms with Crippen molar-refractivity contribution in [1.29, 1.82) is 0 Å². The van der Waals surface area contributed by atoms with Crippen molar-refractivity contribution in [2.24, 2.45) is 5.73 Å². The lowest BCUT2D eigenvalue weighted by Gasteiger charge is -2.08. The number of thiophene rings is 1. The number of ether oxygens (including phenoxy) is 1. The summed E-state index contributed by atoms with van der Waals surface area (Å²) in [7, 11) is 1.61. The number of methoxy groups -OCH3 is 1. The number of rotatable bonds is 8. The Bertz CT molecular complexity index is 1020. The van der Waals surface area contributed by atoms with E-state index in [-0.39, 0.29) is 24.0 Å². The van der Waals surface area contributed by atoms with Crippen molar-refractivity contribution in [3.63, 3.8) is 0 Å². The van der Waals surface area contributed by atoms with E-state index in [1.807, 2.05) is 31.2 Å². The molecule has 7 nitrogen and oxygen atoms in total. The Morgan fingerprint density at radius 3 is 2.82 bits per heavy atom. The van der Waals surface area contributed by atoms with Gasteiger partial charge in [-0.05, 0) is 37.3 Å². The molecule has 3 N–H and O–H groups in total. The van der Waals surface area contributed by atoms with E-state index in [1.54, 1.807) is 13.2 Å². The predicted octanol–water partition coefficient (Wildman–Crippen LogP) is 2.56. The predicted molar refractivity (Wildman–Crippen MR) is 111 cm³/mol. The van der Waals surface area contributed by atoms with Crippen LogP contribution in [0, 0.1) is 6.92 Å². The average molecular weight is 417 g/mol. The number of thioether (sulfide) groups is 1. The molecular formula is C19H20N4O3S2. The van der Waals surface area contributed by atoms with E-state index in [4.69, 9.17) is 10.5 Å². The lowest BCUT2D eigenvalue weighted by Crippen LogP contribution is -2.29. The van der Waals surface area contributed by atoms with Crippen LogP contribution in [-0.2, 0) is 11.3 Å². The molecule has 0 spiro atoms. The first-order valence-corrected chi connectivity index (χ1v) is 10.3. The molecule has 0 atom stereocenters. The molecule has 0 aliphatic heterocycles. The van der Waals surface area contributed by atoms with Crippen LogP contribution in [0.3, 0.4) is 0 Å². The fourth-order valence-electron chi connectivity index (χ4n) is 2.51. The van der Waals surface area contributed by atoms with Crippen molar-refractivity contribution in [3.8, 4) is 5.75 Å². The van der Waals surface area contributed by atoms with Gasteiger partial charge in [-0.1, -0.05) is 11.8 Å². The van der Waals surface area contributed by atoms with Crippen molar-refractivity contribution in [3.05, 3.63) is 45.9 Å². The molecule has 0 bridgehead atoms. The Balaban J connectivity index is 1.71. The van der Waals surface area contributed by atoms with Crippen molar-refractivity contribution in [2.75, 3.05) is 19.4 Å². The largest absolute Gasteiger partial charge is 0.497 e.